The minimum Gasteiger partial charge on any atom is -0.377 e. The summed E-state index contributed by atoms with van der Waals surface area (Å²) >= 11 is 1.51. The summed E-state index contributed by atoms with van der Waals surface area (Å²) in [5.74, 6) is -0.326. The first-order valence-electron chi connectivity index (χ1n) is 19.4. The van der Waals surface area contributed by atoms with E-state index in [9.17, 15) is 24.0 Å². The largest absolute Gasteiger partial charge is 0.377 e. The molecular weight excluding hydrogens is 755 g/mol. The zero-order valence-corrected chi connectivity index (χ0v) is 33.2. The molecule has 5 rings (SSSR count). The van der Waals surface area contributed by atoms with Crippen molar-refractivity contribution in [3.05, 3.63) is 64.8 Å². The average Bonchev–Trinajstić information content (AvgIpc) is 3.72. The van der Waals surface area contributed by atoms with E-state index in [2.05, 4.69) is 26.3 Å². The number of nitrogens with one attached hydrogen (secondary N) is 4. The molecule has 1 atom stereocenters. The van der Waals surface area contributed by atoms with E-state index in [1.807, 2.05) is 23.6 Å². The predicted octanol–water partition coefficient (Wildman–Crippen LogP) is 3.65. The number of benzene rings is 1. The van der Waals surface area contributed by atoms with E-state index in [0.29, 0.717) is 75.5 Å². The molecule has 0 radical (unpaired) electrons. The molecule has 1 aliphatic carbocycles. The molecule has 2 aliphatic rings. The number of anilines is 3. The van der Waals surface area contributed by atoms with Gasteiger partial charge in [-0.05, 0) is 44.5 Å². The lowest BCUT2D eigenvalue weighted by atomic mass is 9.70. The lowest BCUT2D eigenvalue weighted by Crippen LogP contribution is -2.51. The van der Waals surface area contributed by atoms with Gasteiger partial charge in [-0.25, -0.2) is 9.97 Å². The van der Waals surface area contributed by atoms with Crippen LogP contribution in [0.25, 0.3) is 0 Å². The maximum atomic E-state index is 13.5. The first-order chi connectivity index (χ1) is 27.8. The summed E-state index contributed by atoms with van der Waals surface area (Å²) in [5, 5.41) is 14.1. The zero-order valence-electron chi connectivity index (χ0n) is 32.4. The Bertz CT molecular complexity index is 1770. The third-order valence-corrected chi connectivity index (χ3v) is 10.6. The van der Waals surface area contributed by atoms with Crippen LogP contribution in [0.2, 0.25) is 0 Å². The van der Waals surface area contributed by atoms with Crippen molar-refractivity contribution >= 4 is 57.9 Å². The van der Waals surface area contributed by atoms with Crippen molar-refractivity contribution in [3.8, 4) is 0 Å². The van der Waals surface area contributed by atoms with Crippen molar-refractivity contribution in [1.29, 1.82) is 0 Å². The highest BCUT2D eigenvalue weighted by Crippen LogP contribution is 2.39. The molecule has 1 saturated carbocycles. The third kappa shape index (κ3) is 13.8. The van der Waals surface area contributed by atoms with E-state index < -0.39 is 17.4 Å². The van der Waals surface area contributed by atoms with Gasteiger partial charge < -0.3 is 34.9 Å². The Labute approximate surface area is 336 Å². The van der Waals surface area contributed by atoms with Crippen LogP contribution in [0.1, 0.15) is 66.6 Å². The van der Waals surface area contributed by atoms with Gasteiger partial charge in [0.15, 0.2) is 5.13 Å². The predicted molar refractivity (Wildman–Crippen MR) is 213 cm³/mol. The molecule has 1 aromatic carbocycles. The molecule has 1 aliphatic heterocycles. The van der Waals surface area contributed by atoms with Crippen molar-refractivity contribution in [2.75, 3.05) is 77.1 Å². The molecule has 4 N–H and O–H groups in total. The van der Waals surface area contributed by atoms with Gasteiger partial charge in [0, 0.05) is 60.0 Å². The van der Waals surface area contributed by atoms with E-state index in [0.717, 1.165) is 48.7 Å². The molecule has 3 aromatic rings. The van der Waals surface area contributed by atoms with Gasteiger partial charge in [0.2, 0.25) is 23.6 Å². The van der Waals surface area contributed by atoms with Gasteiger partial charge in [-0.1, -0.05) is 37.5 Å². The first kappa shape index (κ1) is 43.5. The summed E-state index contributed by atoms with van der Waals surface area (Å²) in [6, 6.07) is 10.3. The van der Waals surface area contributed by atoms with Gasteiger partial charge >= 0.3 is 0 Å². The van der Waals surface area contributed by atoms with E-state index in [-0.39, 0.29) is 50.5 Å². The van der Waals surface area contributed by atoms with Crippen LogP contribution in [-0.2, 0) is 51.1 Å². The van der Waals surface area contributed by atoms with Crippen LogP contribution in [0.5, 0.6) is 0 Å². The van der Waals surface area contributed by atoms with Crippen LogP contribution < -0.4 is 21.3 Å². The second-order valence-corrected chi connectivity index (χ2v) is 15.0. The average molecular weight is 808 g/mol. The van der Waals surface area contributed by atoms with Crippen LogP contribution in [0, 0.1) is 5.41 Å². The van der Waals surface area contributed by atoms with Crippen LogP contribution in [0.3, 0.4) is 0 Å². The van der Waals surface area contributed by atoms with Crippen LogP contribution in [-0.4, -0.2) is 117 Å². The van der Waals surface area contributed by atoms with Gasteiger partial charge in [0.05, 0.1) is 57.7 Å². The number of hydrogen-bond donors (Lipinski definition) is 4. The number of carbonyl (C=O) groups excluding carboxylic acids is 5. The number of pyridine rings is 1. The van der Waals surface area contributed by atoms with Crippen molar-refractivity contribution in [2.24, 2.45) is 5.41 Å². The summed E-state index contributed by atoms with van der Waals surface area (Å²) in [6.45, 7) is 2.70. The second-order valence-electron chi connectivity index (χ2n) is 14.1. The van der Waals surface area contributed by atoms with Gasteiger partial charge in [-0.3, -0.25) is 34.2 Å². The molecule has 3 heterocycles. The van der Waals surface area contributed by atoms with Crippen molar-refractivity contribution in [2.45, 2.75) is 64.0 Å². The standard InChI is InChI=1S/C40H53N7O9S/c1-47(33-11-12-35(49)46-37(33)51)26-31-29(27-48)7-5-9-32(31)44-36(50)28-56-23-22-55-21-20-54-19-18-53-17-15-41-38(52)40(13-3-2-4-14-40)25-30-8-6-10-34(43-30)45-39-42-16-24-57-39/h5-10,16,24,27,33H,2-4,11-15,17-23,25-26,28H2,1H3,(H,41,52)(H,44,50)(H,42,43,45)(H,46,49,51). The summed E-state index contributed by atoms with van der Waals surface area (Å²) in [6.07, 6.45) is 8.46. The molecule has 308 valence electrons. The van der Waals surface area contributed by atoms with E-state index in [4.69, 9.17) is 23.9 Å². The molecular formula is C40H53N7O9S. The normalized spacial score (nSPS) is 16.6. The molecule has 0 bridgehead atoms. The molecule has 1 saturated heterocycles. The number of hydrogen-bond acceptors (Lipinski definition) is 14. The number of aldehydes is 1. The van der Waals surface area contributed by atoms with Crippen molar-refractivity contribution < 1.29 is 42.9 Å². The van der Waals surface area contributed by atoms with Gasteiger partial charge in [-0.2, -0.15) is 0 Å². The van der Waals surface area contributed by atoms with Crippen LogP contribution in [0.15, 0.2) is 48.0 Å². The number of ether oxygens (including phenoxy) is 4. The number of aromatic nitrogens is 2. The van der Waals surface area contributed by atoms with E-state index >= 15 is 0 Å². The Balaban J connectivity index is 0.897. The highest BCUT2D eigenvalue weighted by molar-refractivity contribution is 7.13. The van der Waals surface area contributed by atoms with E-state index in [1.165, 1.54) is 11.3 Å². The quantitative estimate of drug-likeness (QED) is 0.0582. The summed E-state index contributed by atoms with van der Waals surface area (Å²) in [5.41, 5.74) is 1.78. The lowest BCUT2D eigenvalue weighted by Gasteiger charge is -2.35. The summed E-state index contributed by atoms with van der Waals surface area (Å²) < 4.78 is 22.2. The van der Waals surface area contributed by atoms with Crippen molar-refractivity contribution in [3.63, 3.8) is 0 Å². The minimum absolute atomic E-state index is 0.0504. The number of carbonyl (C=O) groups is 5. The maximum absolute atomic E-state index is 13.5. The highest BCUT2D eigenvalue weighted by atomic mass is 32.1. The molecule has 0 spiro atoms. The number of nitrogens with zero attached hydrogens (tertiary/aromatic N) is 3. The Morgan fingerprint density at radius 1 is 0.965 bits per heavy atom. The first-order valence-corrected chi connectivity index (χ1v) is 20.3. The van der Waals surface area contributed by atoms with Crippen LogP contribution in [0.4, 0.5) is 16.6 Å². The summed E-state index contributed by atoms with van der Waals surface area (Å²) in [4.78, 5) is 72.6. The van der Waals surface area contributed by atoms with Crippen molar-refractivity contribution in [1.82, 2.24) is 25.5 Å². The lowest BCUT2D eigenvalue weighted by molar-refractivity contribution is -0.137. The maximum Gasteiger partial charge on any atom is 0.250 e. The summed E-state index contributed by atoms with van der Waals surface area (Å²) in [7, 11) is 1.73. The molecule has 17 heteroatoms. The number of thiazole rings is 1. The molecule has 2 fully saturated rings. The fourth-order valence-corrected chi connectivity index (χ4v) is 7.54. The minimum atomic E-state index is -0.531. The third-order valence-electron chi connectivity index (χ3n) is 9.93. The Morgan fingerprint density at radius 3 is 2.39 bits per heavy atom. The highest BCUT2D eigenvalue weighted by Gasteiger charge is 2.40. The Kier molecular flexibility index (Phi) is 17.5. The SMILES string of the molecule is CN(Cc1c(C=O)cccc1NC(=O)COCCOCCOCCOCCNC(=O)C1(Cc2cccc(Nc3nccs3)n2)CCCCC1)C1CCC(=O)NC1=O. The van der Waals surface area contributed by atoms with Gasteiger partial charge in [0.1, 0.15) is 18.7 Å². The molecule has 57 heavy (non-hydrogen) atoms. The molecule has 2 aromatic heterocycles. The van der Waals surface area contributed by atoms with Gasteiger partial charge in [0.25, 0.3) is 0 Å². The molecule has 4 amide bonds. The molecule has 16 nitrogen and oxygen atoms in total. The monoisotopic (exact) mass is 807 g/mol. The number of imide groups is 1. The number of amides is 4. The fourth-order valence-electron chi connectivity index (χ4n) is 7.01. The smallest absolute Gasteiger partial charge is 0.250 e. The number of rotatable bonds is 24. The number of piperidine rings is 1. The Hall–Kier alpha value is -4.65. The molecule has 1 unspecified atom stereocenters. The van der Waals surface area contributed by atoms with Crippen LogP contribution >= 0.6 is 11.3 Å². The number of likely N-dealkylation sites (N-methyl/N-ethyl adjacent to an activating group) is 1. The fraction of sp³-hybridized carbons (Fsp3) is 0.525. The topological polar surface area (TPSA) is 199 Å². The zero-order chi connectivity index (χ0) is 40.3. The Morgan fingerprint density at radius 2 is 1.68 bits per heavy atom. The van der Waals surface area contributed by atoms with Gasteiger partial charge in [-0.15, -0.1) is 11.3 Å². The second kappa shape index (κ2) is 22.9. The van der Waals surface area contributed by atoms with E-state index in [1.54, 1.807) is 36.3 Å².